The summed E-state index contributed by atoms with van der Waals surface area (Å²) in [5, 5.41) is 3.11. The molecule has 0 aliphatic carbocycles. The Hall–Kier alpha value is -1.26. The van der Waals surface area contributed by atoms with Crippen molar-refractivity contribution in [1.29, 1.82) is 0 Å². The van der Waals surface area contributed by atoms with Gasteiger partial charge in [-0.1, -0.05) is 12.1 Å². The van der Waals surface area contributed by atoms with Gasteiger partial charge in [0.2, 0.25) is 5.91 Å². The number of aryl methyl sites for hydroxylation is 1. The number of halogens is 1. The van der Waals surface area contributed by atoms with Crippen LogP contribution < -0.4 is 10.1 Å². The molecular formula is C14H21ClN2O2. The lowest BCUT2D eigenvalue weighted by atomic mass is 10.0. The first kappa shape index (κ1) is 15.8. The second-order valence-corrected chi connectivity index (χ2v) is 4.78. The van der Waals surface area contributed by atoms with Crippen LogP contribution in [0.2, 0.25) is 0 Å². The monoisotopic (exact) mass is 284 g/mol. The van der Waals surface area contributed by atoms with E-state index in [0.29, 0.717) is 13.2 Å². The number of hydrogen-bond acceptors (Lipinski definition) is 3. The van der Waals surface area contributed by atoms with Crippen LogP contribution in [0.4, 0.5) is 0 Å². The fourth-order valence-electron chi connectivity index (χ4n) is 1.89. The molecule has 2 rings (SSSR count). The molecule has 1 N–H and O–H groups in total. The molecule has 0 radical (unpaired) electrons. The Morgan fingerprint density at radius 1 is 1.47 bits per heavy atom. The number of amides is 1. The molecule has 0 atom stereocenters. The Balaban J connectivity index is 0.00000180. The summed E-state index contributed by atoms with van der Waals surface area (Å²) in [4.78, 5) is 13.6. The lowest BCUT2D eigenvalue weighted by molar-refractivity contribution is -0.136. The van der Waals surface area contributed by atoms with Crippen molar-refractivity contribution in [3.8, 4) is 5.75 Å². The summed E-state index contributed by atoms with van der Waals surface area (Å²) < 4.78 is 5.63. The third-order valence-corrected chi connectivity index (χ3v) is 3.19. The zero-order valence-corrected chi connectivity index (χ0v) is 12.2. The molecule has 1 amide bonds. The van der Waals surface area contributed by atoms with Crippen LogP contribution in [0, 0.1) is 12.8 Å². The smallest absolute Gasteiger partial charge is 0.228 e. The van der Waals surface area contributed by atoms with Crippen LogP contribution in [0.1, 0.15) is 5.56 Å². The van der Waals surface area contributed by atoms with E-state index in [2.05, 4.69) is 5.32 Å². The third-order valence-electron chi connectivity index (χ3n) is 3.19. The van der Waals surface area contributed by atoms with Gasteiger partial charge in [0, 0.05) is 20.1 Å². The van der Waals surface area contributed by atoms with E-state index in [-0.39, 0.29) is 24.2 Å². The second-order valence-electron chi connectivity index (χ2n) is 4.78. The summed E-state index contributed by atoms with van der Waals surface area (Å²) in [6, 6.07) is 7.94. The average Bonchev–Trinajstić information content (AvgIpc) is 2.26. The molecule has 0 aromatic heterocycles. The largest absolute Gasteiger partial charge is 0.492 e. The fourth-order valence-corrected chi connectivity index (χ4v) is 1.89. The van der Waals surface area contributed by atoms with E-state index in [4.69, 9.17) is 4.74 Å². The number of nitrogens with zero attached hydrogens (tertiary/aromatic N) is 1. The number of rotatable bonds is 5. The highest BCUT2D eigenvalue weighted by Gasteiger charge is 2.27. The normalized spacial score (nSPS) is 14.2. The molecule has 1 heterocycles. The minimum atomic E-state index is 0. The van der Waals surface area contributed by atoms with E-state index in [1.54, 1.807) is 4.90 Å². The first-order chi connectivity index (χ1) is 8.66. The zero-order valence-electron chi connectivity index (χ0n) is 11.4. The Labute approximate surface area is 120 Å². The predicted octanol–water partition coefficient (Wildman–Crippen LogP) is 1.47. The zero-order chi connectivity index (χ0) is 13.0. The van der Waals surface area contributed by atoms with Gasteiger partial charge in [0.15, 0.2) is 0 Å². The molecule has 0 spiro atoms. The Kier molecular flexibility index (Phi) is 6.12. The maximum Gasteiger partial charge on any atom is 0.228 e. The number of hydrogen-bond donors (Lipinski definition) is 1. The highest BCUT2D eigenvalue weighted by atomic mass is 35.5. The molecule has 1 fully saturated rings. The van der Waals surface area contributed by atoms with Crippen LogP contribution in [0.5, 0.6) is 5.75 Å². The highest BCUT2D eigenvalue weighted by molar-refractivity contribution is 5.85. The van der Waals surface area contributed by atoms with Crippen LogP contribution >= 0.6 is 12.4 Å². The van der Waals surface area contributed by atoms with Crippen LogP contribution in [-0.4, -0.2) is 44.1 Å². The minimum Gasteiger partial charge on any atom is -0.492 e. The molecule has 106 valence electrons. The molecule has 1 aromatic rings. The van der Waals surface area contributed by atoms with Crippen LogP contribution in [0.25, 0.3) is 0 Å². The Morgan fingerprint density at radius 3 is 2.79 bits per heavy atom. The topological polar surface area (TPSA) is 41.6 Å². The summed E-state index contributed by atoms with van der Waals surface area (Å²) in [5.74, 6) is 1.23. The maximum atomic E-state index is 11.9. The van der Waals surface area contributed by atoms with Crippen molar-refractivity contribution in [2.45, 2.75) is 6.92 Å². The van der Waals surface area contributed by atoms with Crippen LogP contribution in [-0.2, 0) is 4.79 Å². The van der Waals surface area contributed by atoms with Crippen LogP contribution in [0.3, 0.4) is 0 Å². The number of benzene rings is 1. The van der Waals surface area contributed by atoms with Gasteiger partial charge >= 0.3 is 0 Å². The van der Waals surface area contributed by atoms with Crippen molar-refractivity contribution >= 4 is 18.3 Å². The van der Waals surface area contributed by atoms with E-state index < -0.39 is 0 Å². The lowest BCUT2D eigenvalue weighted by Crippen LogP contribution is -2.51. The van der Waals surface area contributed by atoms with Gasteiger partial charge in [0.1, 0.15) is 12.4 Å². The summed E-state index contributed by atoms with van der Waals surface area (Å²) in [6.07, 6.45) is 0. The molecule has 0 bridgehead atoms. The number of ether oxygens (including phenoxy) is 1. The Morgan fingerprint density at radius 2 is 2.21 bits per heavy atom. The fraction of sp³-hybridized carbons (Fsp3) is 0.500. The summed E-state index contributed by atoms with van der Waals surface area (Å²) >= 11 is 0. The second kappa shape index (κ2) is 7.36. The molecule has 19 heavy (non-hydrogen) atoms. The first-order valence-electron chi connectivity index (χ1n) is 6.32. The number of likely N-dealkylation sites (N-methyl/N-ethyl adjacent to an activating group) is 1. The number of carbonyl (C=O) groups is 1. The average molecular weight is 285 g/mol. The minimum absolute atomic E-state index is 0. The highest BCUT2D eigenvalue weighted by Crippen LogP contribution is 2.12. The maximum absolute atomic E-state index is 11.9. The molecule has 1 aliphatic heterocycles. The van der Waals surface area contributed by atoms with Gasteiger partial charge in [-0.25, -0.2) is 0 Å². The predicted molar refractivity (Wildman–Crippen MR) is 77.9 cm³/mol. The first-order valence-corrected chi connectivity index (χ1v) is 6.32. The van der Waals surface area contributed by atoms with Crippen LogP contribution in [0.15, 0.2) is 24.3 Å². The van der Waals surface area contributed by atoms with Crippen molar-refractivity contribution in [2.75, 3.05) is 33.3 Å². The van der Waals surface area contributed by atoms with Crippen molar-refractivity contribution in [3.63, 3.8) is 0 Å². The van der Waals surface area contributed by atoms with Crippen molar-refractivity contribution in [2.24, 2.45) is 5.92 Å². The molecule has 5 heteroatoms. The standard InChI is InChI=1S/C14H20N2O2.ClH/c1-11-4-3-5-13(8-11)18-7-6-16(2)14(17)12-9-15-10-12;/h3-5,8,12,15H,6-7,9-10H2,1-2H3;1H. The molecule has 1 aliphatic rings. The van der Waals surface area contributed by atoms with E-state index in [1.165, 1.54) is 5.56 Å². The quantitative estimate of drug-likeness (QED) is 0.890. The van der Waals surface area contributed by atoms with Gasteiger partial charge in [-0.15, -0.1) is 12.4 Å². The van der Waals surface area contributed by atoms with Gasteiger partial charge in [-0.3, -0.25) is 4.79 Å². The third kappa shape index (κ3) is 4.40. The molecule has 1 aromatic carbocycles. The van der Waals surface area contributed by atoms with Gasteiger partial charge in [-0.2, -0.15) is 0 Å². The molecule has 4 nitrogen and oxygen atoms in total. The van der Waals surface area contributed by atoms with Crippen molar-refractivity contribution < 1.29 is 9.53 Å². The summed E-state index contributed by atoms with van der Waals surface area (Å²) in [6.45, 7) is 4.81. The number of nitrogens with one attached hydrogen (secondary N) is 1. The van der Waals surface area contributed by atoms with Gasteiger partial charge < -0.3 is 15.0 Å². The van der Waals surface area contributed by atoms with E-state index in [1.807, 2.05) is 38.2 Å². The van der Waals surface area contributed by atoms with Crippen molar-refractivity contribution in [3.05, 3.63) is 29.8 Å². The summed E-state index contributed by atoms with van der Waals surface area (Å²) in [7, 11) is 1.83. The number of carbonyl (C=O) groups excluding carboxylic acids is 1. The van der Waals surface area contributed by atoms with E-state index in [0.717, 1.165) is 18.8 Å². The SMILES string of the molecule is Cc1cccc(OCCN(C)C(=O)C2CNC2)c1.Cl. The van der Waals surface area contributed by atoms with Gasteiger partial charge in [-0.05, 0) is 24.6 Å². The van der Waals surface area contributed by atoms with Crippen molar-refractivity contribution in [1.82, 2.24) is 10.2 Å². The molecular weight excluding hydrogens is 264 g/mol. The lowest BCUT2D eigenvalue weighted by Gasteiger charge is -2.30. The molecule has 0 saturated carbocycles. The Bertz CT molecular complexity index is 422. The summed E-state index contributed by atoms with van der Waals surface area (Å²) in [5.41, 5.74) is 1.18. The molecule has 1 saturated heterocycles. The molecule has 0 unspecified atom stereocenters. The van der Waals surface area contributed by atoms with Gasteiger partial charge in [0.05, 0.1) is 12.5 Å². The van der Waals surface area contributed by atoms with Gasteiger partial charge in [0.25, 0.3) is 0 Å². The van der Waals surface area contributed by atoms with E-state index >= 15 is 0 Å². The van der Waals surface area contributed by atoms with E-state index in [9.17, 15) is 4.79 Å².